The van der Waals surface area contributed by atoms with E-state index in [1.54, 1.807) is 0 Å². The van der Waals surface area contributed by atoms with Crippen LogP contribution in [0.5, 0.6) is 5.75 Å². The van der Waals surface area contributed by atoms with Crippen molar-refractivity contribution in [2.24, 2.45) is 5.92 Å². The van der Waals surface area contributed by atoms with Gasteiger partial charge in [-0.05, 0) is 51.2 Å². The van der Waals surface area contributed by atoms with Crippen molar-refractivity contribution in [2.45, 2.75) is 52.2 Å². The van der Waals surface area contributed by atoms with Crippen molar-refractivity contribution in [3.05, 3.63) is 28.8 Å². The fourth-order valence-electron chi connectivity index (χ4n) is 4.27. The molecule has 5 heteroatoms. The predicted molar refractivity (Wildman–Crippen MR) is 95.8 cm³/mol. The Hall–Kier alpha value is -1.59. The number of likely N-dealkylation sites (tertiary alicyclic amines) is 1. The molecule has 1 amide bonds. The maximum atomic E-state index is 12.7. The molecule has 1 N–H and O–H groups in total. The van der Waals surface area contributed by atoms with Crippen molar-refractivity contribution in [3.63, 3.8) is 0 Å². The van der Waals surface area contributed by atoms with Gasteiger partial charge < -0.3 is 19.5 Å². The fraction of sp³-hybridized carbons (Fsp3) is 0.650. The molecular weight excluding hydrogens is 318 g/mol. The average molecular weight is 347 g/mol. The van der Waals surface area contributed by atoms with E-state index in [4.69, 9.17) is 9.47 Å². The summed E-state index contributed by atoms with van der Waals surface area (Å²) in [7, 11) is 0. The number of benzene rings is 1. The minimum atomic E-state index is -0.380. The Morgan fingerprint density at radius 2 is 2.00 bits per heavy atom. The highest BCUT2D eigenvalue weighted by Gasteiger charge is 2.39. The van der Waals surface area contributed by atoms with Crippen LogP contribution >= 0.6 is 0 Å². The molecule has 2 saturated heterocycles. The molecule has 2 aliphatic heterocycles. The van der Waals surface area contributed by atoms with Gasteiger partial charge in [0.1, 0.15) is 5.75 Å². The third-order valence-corrected chi connectivity index (χ3v) is 5.42. The SMILES string of the molecule is Cc1cc(C)c(OCC(=O)N2CCC[C@@H]2[C@H]2COCC[C@@H]2O)c(C)c1. The number of aliphatic hydroxyl groups is 1. The average Bonchev–Trinajstić information content (AvgIpc) is 3.03. The number of rotatable bonds is 4. The van der Waals surface area contributed by atoms with E-state index in [9.17, 15) is 9.90 Å². The summed E-state index contributed by atoms with van der Waals surface area (Å²) in [5.74, 6) is 0.818. The van der Waals surface area contributed by atoms with Crippen LogP contribution in [0.2, 0.25) is 0 Å². The van der Waals surface area contributed by atoms with Crippen LogP contribution in [0.3, 0.4) is 0 Å². The van der Waals surface area contributed by atoms with E-state index < -0.39 is 0 Å². The summed E-state index contributed by atoms with van der Waals surface area (Å²) in [5, 5.41) is 10.3. The Morgan fingerprint density at radius 1 is 1.28 bits per heavy atom. The van der Waals surface area contributed by atoms with E-state index in [1.165, 1.54) is 5.56 Å². The van der Waals surface area contributed by atoms with Crippen LogP contribution in [-0.4, -0.2) is 54.4 Å². The number of aryl methyl sites for hydroxylation is 3. The van der Waals surface area contributed by atoms with Gasteiger partial charge in [0.25, 0.3) is 5.91 Å². The second-order valence-electron chi connectivity index (χ2n) is 7.41. The lowest BCUT2D eigenvalue weighted by molar-refractivity contribution is -0.138. The number of hydrogen-bond donors (Lipinski definition) is 1. The number of amides is 1. The molecule has 0 aromatic heterocycles. The van der Waals surface area contributed by atoms with Gasteiger partial charge in [0, 0.05) is 25.1 Å². The van der Waals surface area contributed by atoms with Crippen molar-refractivity contribution >= 4 is 5.91 Å². The second kappa shape index (κ2) is 7.75. The van der Waals surface area contributed by atoms with E-state index in [0.29, 0.717) is 19.6 Å². The van der Waals surface area contributed by atoms with Gasteiger partial charge in [-0.25, -0.2) is 0 Å². The summed E-state index contributed by atoms with van der Waals surface area (Å²) in [4.78, 5) is 14.6. The van der Waals surface area contributed by atoms with Gasteiger partial charge in [0.2, 0.25) is 0 Å². The highest BCUT2D eigenvalue weighted by molar-refractivity contribution is 5.78. The number of nitrogens with zero attached hydrogens (tertiary/aromatic N) is 1. The van der Waals surface area contributed by atoms with E-state index in [2.05, 4.69) is 19.1 Å². The van der Waals surface area contributed by atoms with Gasteiger partial charge in [-0.15, -0.1) is 0 Å². The Labute approximate surface area is 149 Å². The number of carbonyl (C=O) groups is 1. The lowest BCUT2D eigenvalue weighted by atomic mass is 9.89. The molecule has 25 heavy (non-hydrogen) atoms. The van der Waals surface area contributed by atoms with Crippen molar-refractivity contribution in [1.82, 2.24) is 4.90 Å². The van der Waals surface area contributed by atoms with E-state index in [1.807, 2.05) is 18.7 Å². The van der Waals surface area contributed by atoms with Crippen LogP contribution in [0.25, 0.3) is 0 Å². The van der Waals surface area contributed by atoms with Crippen LogP contribution in [0.15, 0.2) is 12.1 Å². The molecule has 0 bridgehead atoms. The van der Waals surface area contributed by atoms with Crippen molar-refractivity contribution in [2.75, 3.05) is 26.4 Å². The standard InChI is InChI=1S/C20H29NO4/c1-13-9-14(2)20(15(3)10-13)25-12-19(23)21-7-4-5-17(21)16-11-24-8-6-18(16)22/h9-10,16-18,22H,4-8,11-12H2,1-3H3/t16-,17-,18+/m1/s1. The van der Waals surface area contributed by atoms with Gasteiger partial charge in [0.05, 0.1) is 12.7 Å². The van der Waals surface area contributed by atoms with Crippen molar-refractivity contribution < 1.29 is 19.4 Å². The van der Waals surface area contributed by atoms with Crippen LogP contribution in [0, 0.1) is 26.7 Å². The minimum absolute atomic E-state index is 0.000325. The van der Waals surface area contributed by atoms with E-state index in [0.717, 1.165) is 36.3 Å². The summed E-state index contributed by atoms with van der Waals surface area (Å²) in [6, 6.07) is 4.20. The van der Waals surface area contributed by atoms with Gasteiger partial charge in [0.15, 0.2) is 6.61 Å². The van der Waals surface area contributed by atoms with Crippen LogP contribution in [0.4, 0.5) is 0 Å². The maximum absolute atomic E-state index is 12.7. The zero-order valence-corrected chi connectivity index (χ0v) is 15.5. The molecule has 3 rings (SSSR count). The maximum Gasteiger partial charge on any atom is 0.260 e. The van der Waals surface area contributed by atoms with Crippen molar-refractivity contribution in [3.8, 4) is 5.75 Å². The van der Waals surface area contributed by atoms with Gasteiger partial charge >= 0.3 is 0 Å². The van der Waals surface area contributed by atoms with Crippen LogP contribution in [-0.2, 0) is 9.53 Å². The molecule has 2 fully saturated rings. The molecule has 0 unspecified atom stereocenters. The molecule has 1 aromatic rings. The monoisotopic (exact) mass is 347 g/mol. The molecule has 1 aromatic carbocycles. The predicted octanol–water partition coefficient (Wildman–Crippen LogP) is 2.38. The third kappa shape index (κ3) is 3.98. The van der Waals surface area contributed by atoms with Gasteiger partial charge in [-0.2, -0.15) is 0 Å². The summed E-state index contributed by atoms with van der Waals surface area (Å²) in [5.41, 5.74) is 3.30. The molecule has 0 aliphatic carbocycles. The molecule has 2 heterocycles. The van der Waals surface area contributed by atoms with Gasteiger partial charge in [-0.1, -0.05) is 17.7 Å². The molecule has 0 spiro atoms. The number of ether oxygens (including phenoxy) is 2. The van der Waals surface area contributed by atoms with Crippen molar-refractivity contribution in [1.29, 1.82) is 0 Å². The zero-order chi connectivity index (χ0) is 18.0. The largest absolute Gasteiger partial charge is 0.483 e. The Morgan fingerprint density at radius 3 is 2.68 bits per heavy atom. The molecule has 3 atom stereocenters. The van der Waals surface area contributed by atoms with Crippen LogP contribution < -0.4 is 4.74 Å². The first-order chi connectivity index (χ1) is 12.0. The third-order valence-electron chi connectivity index (χ3n) is 5.42. The molecule has 0 saturated carbocycles. The quantitative estimate of drug-likeness (QED) is 0.908. The molecule has 0 radical (unpaired) electrons. The molecule has 138 valence electrons. The van der Waals surface area contributed by atoms with Crippen LogP contribution in [0.1, 0.15) is 36.0 Å². The lowest BCUT2D eigenvalue weighted by Crippen LogP contribution is -2.49. The Kier molecular flexibility index (Phi) is 5.64. The molecule has 5 nitrogen and oxygen atoms in total. The lowest BCUT2D eigenvalue weighted by Gasteiger charge is -2.37. The summed E-state index contributed by atoms with van der Waals surface area (Å²) >= 11 is 0. The molecule has 2 aliphatic rings. The first kappa shape index (κ1) is 18.2. The van der Waals surface area contributed by atoms with Gasteiger partial charge in [-0.3, -0.25) is 4.79 Å². The highest BCUT2D eigenvalue weighted by atomic mass is 16.5. The summed E-state index contributed by atoms with van der Waals surface area (Å²) in [6.45, 7) is 8.00. The Balaban J connectivity index is 1.64. The number of aliphatic hydroxyl groups excluding tert-OH is 1. The highest BCUT2D eigenvalue weighted by Crippen LogP contribution is 2.30. The van der Waals surface area contributed by atoms with E-state index in [-0.39, 0.29) is 30.6 Å². The Bertz CT molecular complexity index is 607. The normalized spacial score (nSPS) is 26.7. The topological polar surface area (TPSA) is 59.0 Å². The zero-order valence-electron chi connectivity index (χ0n) is 15.5. The fourth-order valence-corrected chi connectivity index (χ4v) is 4.27. The van der Waals surface area contributed by atoms with E-state index >= 15 is 0 Å². The summed E-state index contributed by atoms with van der Waals surface area (Å²) < 4.78 is 11.4. The first-order valence-corrected chi connectivity index (χ1v) is 9.23. The summed E-state index contributed by atoms with van der Waals surface area (Å²) in [6.07, 6.45) is 2.18. The smallest absolute Gasteiger partial charge is 0.260 e. The minimum Gasteiger partial charge on any atom is -0.483 e. The number of hydrogen-bond acceptors (Lipinski definition) is 4. The second-order valence-corrected chi connectivity index (χ2v) is 7.41. The number of carbonyl (C=O) groups excluding carboxylic acids is 1. The molecular formula is C20H29NO4. The first-order valence-electron chi connectivity index (χ1n) is 9.23.